The monoisotopic (exact) mass is 193 g/mol. The molecule has 0 radical (unpaired) electrons. The maximum atomic E-state index is 10.5. The first-order valence-electron chi connectivity index (χ1n) is 3.93. The van der Waals surface area contributed by atoms with Crippen molar-refractivity contribution < 1.29 is 10.0 Å². The van der Waals surface area contributed by atoms with Gasteiger partial charge >= 0.3 is 0 Å². The summed E-state index contributed by atoms with van der Waals surface area (Å²) >= 11 is 0. The number of benzene rings is 1. The summed E-state index contributed by atoms with van der Waals surface area (Å²) in [7, 11) is 0. The van der Waals surface area contributed by atoms with Crippen molar-refractivity contribution in [2.24, 2.45) is 0 Å². The first-order valence-corrected chi connectivity index (χ1v) is 3.93. The Hall–Kier alpha value is -1.95. The Morgan fingerprint density at radius 3 is 3.00 bits per heavy atom. The largest absolute Gasteiger partial charge is 0.392 e. The molecule has 0 aliphatic carbocycles. The molecule has 2 rings (SSSR count). The summed E-state index contributed by atoms with van der Waals surface area (Å²) in [5.41, 5.74) is 1.53. The van der Waals surface area contributed by atoms with E-state index in [-0.39, 0.29) is 12.3 Å². The predicted molar refractivity (Wildman–Crippen MR) is 48.7 cm³/mol. The second-order valence-corrected chi connectivity index (χ2v) is 2.82. The van der Waals surface area contributed by atoms with Crippen LogP contribution in [-0.4, -0.2) is 20.0 Å². The number of aliphatic hydroxyl groups excluding tert-OH is 1. The van der Waals surface area contributed by atoms with E-state index in [0.29, 0.717) is 16.6 Å². The molecule has 14 heavy (non-hydrogen) atoms. The van der Waals surface area contributed by atoms with E-state index in [1.165, 1.54) is 18.5 Å². The fourth-order valence-electron chi connectivity index (χ4n) is 1.33. The Morgan fingerprint density at radius 2 is 2.36 bits per heavy atom. The fraction of sp³-hybridized carbons (Fsp3) is 0.125. The molecule has 0 fully saturated rings. The summed E-state index contributed by atoms with van der Waals surface area (Å²) in [4.78, 5) is 16.7. The topological polar surface area (TPSA) is 92.1 Å². The molecule has 0 unspecified atom stereocenters. The minimum atomic E-state index is -0.501. The summed E-state index contributed by atoms with van der Waals surface area (Å²) < 4.78 is 0. The molecule has 2 aromatic rings. The van der Waals surface area contributed by atoms with Crippen molar-refractivity contribution >= 4 is 16.7 Å². The highest BCUT2D eigenvalue weighted by atomic mass is 16.6. The minimum Gasteiger partial charge on any atom is -0.392 e. The van der Waals surface area contributed by atoms with Crippen LogP contribution in [0.15, 0.2) is 18.5 Å². The fourth-order valence-corrected chi connectivity index (χ4v) is 1.33. The van der Waals surface area contributed by atoms with Crippen molar-refractivity contribution in [2.45, 2.75) is 6.61 Å². The number of hydrogen-bond acceptors (Lipinski definition) is 4. The maximum Gasteiger partial charge on any atom is 0.272 e. The van der Waals surface area contributed by atoms with E-state index in [1.54, 1.807) is 0 Å². The van der Waals surface area contributed by atoms with Crippen molar-refractivity contribution in [3.8, 4) is 0 Å². The highest BCUT2D eigenvalue weighted by molar-refractivity contribution is 5.80. The maximum absolute atomic E-state index is 10.5. The molecule has 72 valence electrons. The van der Waals surface area contributed by atoms with E-state index in [1.807, 2.05) is 0 Å². The van der Waals surface area contributed by atoms with Crippen molar-refractivity contribution in [3.05, 3.63) is 34.1 Å². The molecule has 0 saturated carbocycles. The van der Waals surface area contributed by atoms with Crippen LogP contribution in [0.4, 0.5) is 5.69 Å². The number of aromatic nitrogens is 2. The molecular formula is C8H7N3O3. The Balaban J connectivity index is 2.73. The second-order valence-electron chi connectivity index (χ2n) is 2.82. The van der Waals surface area contributed by atoms with Crippen molar-refractivity contribution in [3.63, 3.8) is 0 Å². The normalized spacial score (nSPS) is 10.6. The lowest BCUT2D eigenvalue weighted by Crippen LogP contribution is -1.92. The molecule has 0 saturated heterocycles. The van der Waals surface area contributed by atoms with Gasteiger partial charge in [-0.3, -0.25) is 10.1 Å². The molecule has 0 aliphatic rings. The van der Waals surface area contributed by atoms with Gasteiger partial charge in [0.15, 0.2) is 0 Å². The minimum absolute atomic E-state index is 0.0502. The molecule has 6 nitrogen and oxygen atoms in total. The summed E-state index contributed by atoms with van der Waals surface area (Å²) in [5.74, 6) is 0. The van der Waals surface area contributed by atoms with Gasteiger partial charge in [-0.05, 0) is 0 Å². The highest BCUT2D eigenvalue weighted by Gasteiger charge is 2.12. The summed E-state index contributed by atoms with van der Waals surface area (Å²) in [5, 5.41) is 19.5. The molecule has 1 aromatic heterocycles. The van der Waals surface area contributed by atoms with Gasteiger partial charge in [-0.15, -0.1) is 0 Å². The molecule has 1 aromatic carbocycles. The summed E-state index contributed by atoms with van der Waals surface area (Å²) in [6, 6.07) is 2.71. The number of nitrogens with one attached hydrogen (secondary N) is 1. The Kier molecular flexibility index (Phi) is 1.90. The zero-order valence-electron chi connectivity index (χ0n) is 7.10. The predicted octanol–water partition coefficient (Wildman–Crippen LogP) is 0.963. The van der Waals surface area contributed by atoms with Crippen LogP contribution in [0.1, 0.15) is 5.56 Å². The van der Waals surface area contributed by atoms with Gasteiger partial charge in [0.1, 0.15) is 0 Å². The number of nitro benzene ring substituents is 1. The van der Waals surface area contributed by atoms with E-state index in [4.69, 9.17) is 5.11 Å². The average molecular weight is 193 g/mol. The quantitative estimate of drug-likeness (QED) is 0.548. The number of nitrogens with zero attached hydrogens (tertiary/aromatic N) is 2. The number of rotatable bonds is 2. The van der Waals surface area contributed by atoms with Crippen LogP contribution in [-0.2, 0) is 6.61 Å². The number of H-pyrrole nitrogens is 1. The Morgan fingerprint density at radius 1 is 1.57 bits per heavy atom. The zero-order valence-corrected chi connectivity index (χ0v) is 7.10. The van der Waals surface area contributed by atoms with Gasteiger partial charge in [0.2, 0.25) is 0 Å². The SMILES string of the molecule is O=[N+]([O-])c1cc(CO)c2nc[nH]c2c1. The summed E-state index contributed by atoms with van der Waals surface area (Å²) in [6.07, 6.45) is 1.44. The molecule has 0 bridgehead atoms. The number of aromatic amines is 1. The third-order valence-electron chi connectivity index (χ3n) is 1.97. The lowest BCUT2D eigenvalue weighted by atomic mass is 10.1. The van der Waals surface area contributed by atoms with Gasteiger partial charge in [-0.25, -0.2) is 4.98 Å². The molecule has 0 spiro atoms. The smallest absolute Gasteiger partial charge is 0.272 e. The molecule has 0 aliphatic heterocycles. The molecular weight excluding hydrogens is 186 g/mol. The van der Waals surface area contributed by atoms with Crippen LogP contribution >= 0.6 is 0 Å². The van der Waals surface area contributed by atoms with Gasteiger partial charge in [0.25, 0.3) is 5.69 Å². The van der Waals surface area contributed by atoms with E-state index >= 15 is 0 Å². The van der Waals surface area contributed by atoms with Crippen LogP contribution in [0.25, 0.3) is 11.0 Å². The number of non-ortho nitro benzene ring substituents is 1. The molecule has 1 heterocycles. The van der Waals surface area contributed by atoms with Gasteiger partial charge in [-0.1, -0.05) is 0 Å². The zero-order chi connectivity index (χ0) is 10.1. The van der Waals surface area contributed by atoms with Crippen molar-refractivity contribution in [2.75, 3.05) is 0 Å². The standard InChI is InChI=1S/C8H7N3O3/c12-3-5-1-6(11(13)14)2-7-8(5)10-4-9-7/h1-2,4,12H,3H2,(H,9,10). The number of aliphatic hydroxyl groups is 1. The third-order valence-corrected chi connectivity index (χ3v) is 1.97. The lowest BCUT2D eigenvalue weighted by Gasteiger charge is -1.97. The number of fused-ring (bicyclic) bond motifs is 1. The number of nitro groups is 1. The average Bonchev–Trinajstić information content (AvgIpc) is 2.63. The van der Waals surface area contributed by atoms with Crippen molar-refractivity contribution in [1.82, 2.24) is 9.97 Å². The number of hydrogen-bond donors (Lipinski definition) is 2. The Bertz CT molecular complexity index is 492. The summed E-state index contributed by atoms with van der Waals surface area (Å²) in [6.45, 7) is -0.261. The van der Waals surface area contributed by atoms with Crippen LogP contribution in [0, 0.1) is 10.1 Å². The van der Waals surface area contributed by atoms with Crippen LogP contribution < -0.4 is 0 Å². The second kappa shape index (κ2) is 3.08. The number of imidazole rings is 1. The van der Waals surface area contributed by atoms with Gasteiger partial charge < -0.3 is 10.1 Å². The van der Waals surface area contributed by atoms with E-state index in [0.717, 1.165) is 0 Å². The molecule has 2 N–H and O–H groups in total. The van der Waals surface area contributed by atoms with Crippen LogP contribution in [0.3, 0.4) is 0 Å². The van der Waals surface area contributed by atoms with Gasteiger partial charge in [0.05, 0.1) is 28.9 Å². The van der Waals surface area contributed by atoms with E-state index in [2.05, 4.69) is 9.97 Å². The molecule has 0 atom stereocenters. The first-order chi connectivity index (χ1) is 6.72. The van der Waals surface area contributed by atoms with Gasteiger partial charge in [0, 0.05) is 17.7 Å². The van der Waals surface area contributed by atoms with Crippen molar-refractivity contribution in [1.29, 1.82) is 0 Å². The lowest BCUT2D eigenvalue weighted by molar-refractivity contribution is -0.384. The first kappa shape index (κ1) is 8.64. The molecule has 0 amide bonds. The van der Waals surface area contributed by atoms with E-state index < -0.39 is 4.92 Å². The highest BCUT2D eigenvalue weighted by Crippen LogP contribution is 2.22. The molecule has 6 heteroatoms. The van der Waals surface area contributed by atoms with Crippen LogP contribution in [0.5, 0.6) is 0 Å². The van der Waals surface area contributed by atoms with E-state index in [9.17, 15) is 10.1 Å². The third kappa shape index (κ3) is 1.21. The Labute approximate surface area is 78.4 Å². The van der Waals surface area contributed by atoms with Crippen LogP contribution in [0.2, 0.25) is 0 Å². The van der Waals surface area contributed by atoms with Gasteiger partial charge in [-0.2, -0.15) is 0 Å².